The topological polar surface area (TPSA) is 101 Å². The molecule has 0 aliphatic rings. The SMILES string of the molecule is Cc1ncc(CNC(=O)c2ccc(CNS(=O)(=O)c3ccsc3)cn2)s1. The van der Waals surface area contributed by atoms with Gasteiger partial charge in [0.2, 0.25) is 10.0 Å². The minimum atomic E-state index is -3.53. The van der Waals surface area contributed by atoms with Gasteiger partial charge in [0.15, 0.2) is 0 Å². The average Bonchev–Trinajstić information content (AvgIpc) is 3.30. The van der Waals surface area contributed by atoms with Crippen LogP contribution in [-0.4, -0.2) is 24.3 Å². The Morgan fingerprint density at radius 1 is 1.15 bits per heavy atom. The lowest BCUT2D eigenvalue weighted by Crippen LogP contribution is -2.24. The van der Waals surface area contributed by atoms with Gasteiger partial charge in [-0.2, -0.15) is 11.3 Å². The molecule has 0 atom stereocenters. The molecule has 2 N–H and O–H groups in total. The number of sulfonamides is 1. The number of rotatable bonds is 7. The van der Waals surface area contributed by atoms with Gasteiger partial charge in [-0.05, 0) is 30.0 Å². The van der Waals surface area contributed by atoms with E-state index in [4.69, 9.17) is 0 Å². The third kappa shape index (κ3) is 4.73. The van der Waals surface area contributed by atoms with Gasteiger partial charge in [0.05, 0.1) is 16.4 Å². The van der Waals surface area contributed by atoms with Crippen LogP contribution in [-0.2, 0) is 23.1 Å². The highest BCUT2D eigenvalue weighted by atomic mass is 32.2. The molecule has 0 aliphatic carbocycles. The fourth-order valence-electron chi connectivity index (χ4n) is 2.07. The second-order valence-corrected chi connectivity index (χ2v) is 9.23. The summed E-state index contributed by atoms with van der Waals surface area (Å²) in [5.74, 6) is -0.290. The van der Waals surface area contributed by atoms with Crippen molar-refractivity contribution in [3.8, 4) is 0 Å². The zero-order valence-corrected chi connectivity index (χ0v) is 16.2. The van der Waals surface area contributed by atoms with Crippen LogP contribution in [0, 0.1) is 6.92 Å². The first-order valence-electron chi connectivity index (χ1n) is 7.60. The summed E-state index contributed by atoms with van der Waals surface area (Å²) in [5, 5.41) is 7.00. The molecular weight excluding hydrogens is 392 g/mol. The molecule has 0 saturated carbocycles. The van der Waals surface area contributed by atoms with Gasteiger partial charge in [0, 0.05) is 29.2 Å². The second kappa shape index (κ2) is 8.04. The minimum absolute atomic E-state index is 0.104. The summed E-state index contributed by atoms with van der Waals surface area (Å²) in [4.78, 5) is 21.6. The molecule has 1 amide bonds. The van der Waals surface area contributed by atoms with Crippen LogP contribution in [0.4, 0.5) is 0 Å². The molecule has 10 heteroatoms. The van der Waals surface area contributed by atoms with Gasteiger partial charge in [0.1, 0.15) is 5.69 Å². The Morgan fingerprint density at radius 2 is 2.00 bits per heavy atom. The van der Waals surface area contributed by atoms with E-state index in [9.17, 15) is 13.2 Å². The van der Waals surface area contributed by atoms with Crippen molar-refractivity contribution in [3.05, 3.63) is 62.5 Å². The van der Waals surface area contributed by atoms with Crippen molar-refractivity contribution in [1.29, 1.82) is 0 Å². The monoisotopic (exact) mass is 408 g/mol. The Hall–Kier alpha value is -2.14. The van der Waals surface area contributed by atoms with E-state index in [2.05, 4.69) is 20.0 Å². The molecular formula is C16H16N4O3S3. The van der Waals surface area contributed by atoms with Gasteiger partial charge in [0.25, 0.3) is 5.91 Å². The first kappa shape index (κ1) is 18.6. The third-order valence-electron chi connectivity index (χ3n) is 3.42. The predicted octanol–water partition coefficient (Wildman–Crippen LogP) is 2.32. The van der Waals surface area contributed by atoms with Crippen LogP contribution in [0.15, 0.2) is 46.2 Å². The molecule has 0 bridgehead atoms. The molecule has 7 nitrogen and oxygen atoms in total. The number of amides is 1. The number of aromatic nitrogens is 2. The molecule has 0 radical (unpaired) electrons. The number of hydrogen-bond acceptors (Lipinski definition) is 7. The number of hydrogen-bond donors (Lipinski definition) is 2. The highest BCUT2D eigenvalue weighted by Gasteiger charge is 2.14. The summed E-state index contributed by atoms with van der Waals surface area (Å²) in [5.41, 5.74) is 0.939. The minimum Gasteiger partial charge on any atom is -0.346 e. The Balaban J connectivity index is 1.55. The number of thiophene rings is 1. The molecule has 0 aromatic carbocycles. The molecule has 3 aromatic heterocycles. The molecule has 3 rings (SSSR count). The molecule has 26 heavy (non-hydrogen) atoms. The highest BCUT2D eigenvalue weighted by molar-refractivity contribution is 7.89. The van der Waals surface area contributed by atoms with E-state index in [1.54, 1.807) is 35.2 Å². The van der Waals surface area contributed by atoms with Crippen LogP contribution in [0.3, 0.4) is 0 Å². The average molecular weight is 409 g/mol. The van der Waals surface area contributed by atoms with Crippen molar-refractivity contribution in [2.24, 2.45) is 0 Å². The van der Waals surface area contributed by atoms with E-state index >= 15 is 0 Å². The molecule has 3 aromatic rings. The number of carbonyl (C=O) groups is 1. The predicted molar refractivity (Wildman–Crippen MR) is 101 cm³/mol. The van der Waals surface area contributed by atoms with E-state index in [1.807, 2.05) is 6.92 Å². The number of nitrogens with one attached hydrogen (secondary N) is 2. The maximum atomic E-state index is 12.1. The summed E-state index contributed by atoms with van der Waals surface area (Å²) >= 11 is 2.84. The van der Waals surface area contributed by atoms with E-state index in [0.29, 0.717) is 12.1 Å². The van der Waals surface area contributed by atoms with Crippen molar-refractivity contribution < 1.29 is 13.2 Å². The quantitative estimate of drug-likeness (QED) is 0.625. The Labute approximate surface area is 159 Å². The van der Waals surface area contributed by atoms with E-state index in [1.165, 1.54) is 28.9 Å². The maximum Gasteiger partial charge on any atom is 0.270 e. The van der Waals surface area contributed by atoms with E-state index < -0.39 is 10.0 Å². The standard InChI is InChI=1S/C16H16N4O3S3/c1-11-17-8-13(25-11)9-19-16(21)15-3-2-12(6-18-15)7-20-26(22,23)14-4-5-24-10-14/h2-6,8,10,20H,7,9H2,1H3,(H,19,21). The zero-order chi connectivity index (χ0) is 18.6. The Kier molecular flexibility index (Phi) is 5.77. The van der Waals surface area contributed by atoms with Crippen LogP contribution in [0.2, 0.25) is 0 Å². The van der Waals surface area contributed by atoms with Crippen LogP contribution in [0.25, 0.3) is 0 Å². The fourth-order valence-corrected chi connectivity index (χ4v) is 4.86. The molecule has 136 valence electrons. The number of aryl methyl sites for hydroxylation is 1. The van der Waals surface area contributed by atoms with Crippen molar-refractivity contribution in [2.45, 2.75) is 24.9 Å². The van der Waals surface area contributed by atoms with Crippen molar-refractivity contribution >= 4 is 38.6 Å². The van der Waals surface area contributed by atoms with Crippen LogP contribution in [0.1, 0.15) is 25.9 Å². The highest BCUT2D eigenvalue weighted by Crippen LogP contribution is 2.13. The van der Waals surface area contributed by atoms with Gasteiger partial charge in [-0.1, -0.05) is 6.07 Å². The molecule has 0 aliphatic heterocycles. The first-order valence-corrected chi connectivity index (χ1v) is 10.8. The number of thiazole rings is 1. The summed E-state index contributed by atoms with van der Waals surface area (Å²) in [7, 11) is -3.53. The lowest BCUT2D eigenvalue weighted by molar-refractivity contribution is 0.0946. The normalized spacial score (nSPS) is 11.4. The maximum absolute atomic E-state index is 12.1. The van der Waals surface area contributed by atoms with Crippen molar-refractivity contribution in [2.75, 3.05) is 0 Å². The second-order valence-electron chi connectivity index (χ2n) is 5.36. The smallest absolute Gasteiger partial charge is 0.270 e. The van der Waals surface area contributed by atoms with Gasteiger partial charge < -0.3 is 5.32 Å². The molecule has 0 fully saturated rings. The lowest BCUT2D eigenvalue weighted by Gasteiger charge is -2.06. The van der Waals surface area contributed by atoms with Gasteiger partial charge in [-0.15, -0.1) is 11.3 Å². The first-order chi connectivity index (χ1) is 12.4. The van der Waals surface area contributed by atoms with Gasteiger partial charge >= 0.3 is 0 Å². The number of nitrogens with zero attached hydrogens (tertiary/aromatic N) is 2. The van der Waals surface area contributed by atoms with Crippen molar-refractivity contribution in [3.63, 3.8) is 0 Å². The summed E-state index contributed by atoms with van der Waals surface area (Å²) in [6.45, 7) is 2.41. The lowest BCUT2D eigenvalue weighted by atomic mass is 10.2. The van der Waals surface area contributed by atoms with Crippen molar-refractivity contribution in [1.82, 2.24) is 20.0 Å². The molecule has 0 spiro atoms. The van der Waals surface area contributed by atoms with Crippen LogP contribution >= 0.6 is 22.7 Å². The number of carbonyl (C=O) groups excluding carboxylic acids is 1. The van der Waals surface area contributed by atoms with Gasteiger partial charge in [-0.25, -0.2) is 18.1 Å². The van der Waals surface area contributed by atoms with E-state index in [0.717, 1.165) is 9.88 Å². The molecule has 3 heterocycles. The Morgan fingerprint density at radius 3 is 2.62 bits per heavy atom. The molecule has 0 unspecified atom stereocenters. The van der Waals surface area contributed by atoms with E-state index in [-0.39, 0.29) is 23.0 Å². The van der Waals surface area contributed by atoms with Crippen LogP contribution < -0.4 is 10.0 Å². The zero-order valence-electron chi connectivity index (χ0n) is 13.8. The Bertz CT molecular complexity index is 980. The van der Waals surface area contributed by atoms with Gasteiger partial charge in [-0.3, -0.25) is 9.78 Å². The summed E-state index contributed by atoms with van der Waals surface area (Å²) < 4.78 is 26.6. The molecule has 0 saturated heterocycles. The summed E-state index contributed by atoms with van der Waals surface area (Å²) in [6, 6.07) is 4.79. The summed E-state index contributed by atoms with van der Waals surface area (Å²) in [6.07, 6.45) is 3.22. The third-order valence-corrected chi connectivity index (χ3v) is 6.57. The fraction of sp³-hybridized carbons (Fsp3) is 0.188. The number of pyridine rings is 1. The largest absolute Gasteiger partial charge is 0.346 e. The van der Waals surface area contributed by atoms with Crippen LogP contribution in [0.5, 0.6) is 0 Å².